The normalized spacial score (nSPS) is 19.0. The number of nitrogens with zero attached hydrogens (tertiary/aromatic N) is 1. The summed E-state index contributed by atoms with van der Waals surface area (Å²) in [6, 6.07) is 9.35. The number of likely N-dealkylation sites (tertiary alicyclic amines) is 1. The molecule has 1 fully saturated rings. The van der Waals surface area contributed by atoms with Gasteiger partial charge in [0.2, 0.25) is 5.91 Å². The summed E-state index contributed by atoms with van der Waals surface area (Å²) >= 11 is 1.58. The van der Waals surface area contributed by atoms with Crippen LogP contribution in [-0.4, -0.2) is 41.9 Å². The molecule has 3 nitrogen and oxygen atoms in total. The van der Waals surface area contributed by atoms with Crippen LogP contribution in [-0.2, 0) is 17.8 Å². The van der Waals surface area contributed by atoms with Crippen LogP contribution in [0.5, 0.6) is 0 Å². The van der Waals surface area contributed by atoms with Crippen LogP contribution >= 0.6 is 11.8 Å². The molecule has 0 aromatic heterocycles. The Hall–Kier alpha value is -1.00. The third-order valence-electron chi connectivity index (χ3n) is 4.22. The lowest BCUT2D eigenvalue weighted by molar-refractivity contribution is -0.119. The van der Waals surface area contributed by atoms with Gasteiger partial charge in [0, 0.05) is 19.1 Å². The van der Waals surface area contributed by atoms with Crippen LogP contribution < -0.4 is 5.32 Å². The van der Waals surface area contributed by atoms with Crippen molar-refractivity contribution in [3.05, 3.63) is 35.4 Å². The maximum atomic E-state index is 11.8. The molecule has 1 N–H and O–H groups in total. The molecule has 23 heavy (non-hydrogen) atoms. The molecule has 1 saturated heterocycles. The molecule has 4 heteroatoms. The minimum Gasteiger partial charge on any atom is -0.351 e. The summed E-state index contributed by atoms with van der Waals surface area (Å²) in [6.45, 7) is 7.59. The first-order chi connectivity index (χ1) is 11.1. The quantitative estimate of drug-likeness (QED) is 0.830. The average molecular weight is 335 g/mol. The van der Waals surface area contributed by atoms with Crippen molar-refractivity contribution in [3.63, 3.8) is 0 Å². The van der Waals surface area contributed by atoms with E-state index in [2.05, 4.69) is 48.3 Å². The van der Waals surface area contributed by atoms with E-state index >= 15 is 0 Å². The van der Waals surface area contributed by atoms with Crippen molar-refractivity contribution in [2.24, 2.45) is 5.92 Å². The molecular formula is C19H30N2OS. The Balaban J connectivity index is 1.83. The van der Waals surface area contributed by atoms with Crippen LogP contribution in [0, 0.1) is 5.92 Å². The highest BCUT2D eigenvalue weighted by Crippen LogP contribution is 2.16. The molecule has 0 bridgehead atoms. The van der Waals surface area contributed by atoms with Crippen molar-refractivity contribution < 1.29 is 4.79 Å². The number of benzene rings is 1. The molecule has 1 heterocycles. The van der Waals surface area contributed by atoms with E-state index < -0.39 is 0 Å². The van der Waals surface area contributed by atoms with E-state index in [4.69, 9.17) is 0 Å². The van der Waals surface area contributed by atoms with Crippen molar-refractivity contribution in [2.75, 3.05) is 25.1 Å². The van der Waals surface area contributed by atoms with Gasteiger partial charge in [-0.15, -0.1) is 0 Å². The van der Waals surface area contributed by atoms with Gasteiger partial charge in [-0.1, -0.05) is 38.1 Å². The van der Waals surface area contributed by atoms with Crippen LogP contribution in [0.4, 0.5) is 0 Å². The molecule has 0 saturated carbocycles. The van der Waals surface area contributed by atoms with Gasteiger partial charge in [0.15, 0.2) is 0 Å². The first kappa shape index (κ1) is 18.3. The second kappa shape index (κ2) is 9.33. The Morgan fingerprint density at radius 1 is 1.30 bits per heavy atom. The first-order valence-electron chi connectivity index (χ1n) is 8.65. The molecule has 0 spiro atoms. The van der Waals surface area contributed by atoms with Gasteiger partial charge in [0.1, 0.15) is 0 Å². The van der Waals surface area contributed by atoms with Gasteiger partial charge in [-0.3, -0.25) is 9.69 Å². The van der Waals surface area contributed by atoms with E-state index in [1.165, 1.54) is 11.1 Å². The highest BCUT2D eigenvalue weighted by atomic mass is 32.2. The standard InChI is InChI=1S/C19H30N2OS/c1-15(2)11-16-6-8-17(9-7-16)12-21-10-4-5-18(13-21)20-19(22)14-23-3/h6-9,15,18H,4-5,10-14H2,1-3H3,(H,20,22)/t18-/m0/s1. The lowest BCUT2D eigenvalue weighted by Gasteiger charge is -2.33. The third-order valence-corrected chi connectivity index (χ3v) is 4.77. The van der Waals surface area contributed by atoms with E-state index in [1.807, 2.05) is 6.26 Å². The molecule has 1 aliphatic heterocycles. The fourth-order valence-electron chi connectivity index (χ4n) is 3.23. The maximum Gasteiger partial charge on any atom is 0.230 e. The van der Waals surface area contributed by atoms with Crippen molar-refractivity contribution >= 4 is 17.7 Å². The number of rotatable bonds is 7. The molecule has 1 aliphatic rings. The van der Waals surface area contributed by atoms with Gasteiger partial charge in [-0.05, 0) is 49.1 Å². The summed E-state index contributed by atoms with van der Waals surface area (Å²) in [5.74, 6) is 1.43. The number of carbonyl (C=O) groups excluding carboxylic acids is 1. The molecule has 0 aliphatic carbocycles. The highest BCUT2D eigenvalue weighted by molar-refractivity contribution is 7.99. The van der Waals surface area contributed by atoms with E-state index in [9.17, 15) is 4.79 Å². The predicted octanol–water partition coefficient (Wildman–Crippen LogP) is 3.33. The van der Waals surface area contributed by atoms with E-state index in [-0.39, 0.29) is 5.91 Å². The highest BCUT2D eigenvalue weighted by Gasteiger charge is 2.21. The largest absolute Gasteiger partial charge is 0.351 e. The smallest absolute Gasteiger partial charge is 0.230 e. The predicted molar refractivity (Wildman–Crippen MR) is 99.8 cm³/mol. The lowest BCUT2D eigenvalue weighted by atomic mass is 10.0. The zero-order valence-corrected chi connectivity index (χ0v) is 15.5. The monoisotopic (exact) mass is 334 g/mol. The second-order valence-corrected chi connectivity index (χ2v) is 7.86. The molecular weight excluding hydrogens is 304 g/mol. The average Bonchev–Trinajstić information content (AvgIpc) is 2.49. The SMILES string of the molecule is CSCC(=O)N[C@H]1CCCN(Cc2ccc(CC(C)C)cc2)C1. The number of thioether (sulfide) groups is 1. The molecule has 1 aromatic carbocycles. The molecule has 1 aromatic rings. The molecule has 1 amide bonds. The Morgan fingerprint density at radius 3 is 2.65 bits per heavy atom. The van der Waals surface area contributed by atoms with E-state index in [0.29, 0.717) is 17.7 Å². The molecule has 2 rings (SSSR count). The number of carbonyl (C=O) groups is 1. The number of nitrogens with one attached hydrogen (secondary N) is 1. The second-order valence-electron chi connectivity index (χ2n) is 6.99. The van der Waals surface area contributed by atoms with Gasteiger partial charge in [-0.25, -0.2) is 0 Å². The van der Waals surface area contributed by atoms with Crippen LogP contribution in [0.1, 0.15) is 37.8 Å². The third kappa shape index (κ3) is 6.56. The molecule has 128 valence electrons. The summed E-state index contributed by atoms with van der Waals surface area (Å²) < 4.78 is 0. The fraction of sp³-hybridized carbons (Fsp3) is 0.632. The Bertz CT molecular complexity index is 487. The van der Waals surface area contributed by atoms with Crippen molar-refractivity contribution in [1.29, 1.82) is 0 Å². The number of hydrogen-bond acceptors (Lipinski definition) is 3. The summed E-state index contributed by atoms with van der Waals surface area (Å²) in [5, 5.41) is 3.16. The Morgan fingerprint density at radius 2 is 2.00 bits per heavy atom. The molecule has 0 radical (unpaired) electrons. The van der Waals surface area contributed by atoms with Crippen molar-refractivity contribution in [2.45, 2.75) is 45.7 Å². The van der Waals surface area contributed by atoms with E-state index in [0.717, 1.165) is 38.9 Å². The van der Waals surface area contributed by atoms with Gasteiger partial charge in [0.05, 0.1) is 5.75 Å². The Labute approximate surface area is 145 Å². The first-order valence-corrected chi connectivity index (χ1v) is 10.0. The Kier molecular flexibility index (Phi) is 7.44. The van der Waals surface area contributed by atoms with Crippen molar-refractivity contribution in [1.82, 2.24) is 10.2 Å². The summed E-state index contributed by atoms with van der Waals surface area (Å²) in [7, 11) is 0. The van der Waals surface area contributed by atoms with Gasteiger partial charge in [0.25, 0.3) is 0 Å². The topological polar surface area (TPSA) is 32.3 Å². The zero-order valence-electron chi connectivity index (χ0n) is 14.7. The summed E-state index contributed by atoms with van der Waals surface area (Å²) in [5.41, 5.74) is 2.79. The van der Waals surface area contributed by atoms with Gasteiger partial charge < -0.3 is 5.32 Å². The van der Waals surface area contributed by atoms with Crippen LogP contribution in [0.15, 0.2) is 24.3 Å². The van der Waals surface area contributed by atoms with Crippen molar-refractivity contribution in [3.8, 4) is 0 Å². The zero-order chi connectivity index (χ0) is 16.7. The number of hydrogen-bond donors (Lipinski definition) is 1. The molecule has 0 unspecified atom stereocenters. The minimum atomic E-state index is 0.169. The summed E-state index contributed by atoms with van der Waals surface area (Å²) in [6.07, 6.45) is 5.38. The van der Waals surface area contributed by atoms with Crippen LogP contribution in [0.2, 0.25) is 0 Å². The number of amides is 1. The van der Waals surface area contributed by atoms with Crippen LogP contribution in [0.3, 0.4) is 0 Å². The minimum absolute atomic E-state index is 0.169. The van der Waals surface area contributed by atoms with Crippen LogP contribution in [0.25, 0.3) is 0 Å². The summed E-state index contributed by atoms with van der Waals surface area (Å²) in [4.78, 5) is 14.2. The van der Waals surface area contributed by atoms with E-state index in [1.54, 1.807) is 11.8 Å². The fourth-order valence-corrected chi connectivity index (χ4v) is 3.57. The van der Waals surface area contributed by atoms with Gasteiger partial charge in [-0.2, -0.15) is 11.8 Å². The maximum absolute atomic E-state index is 11.8. The molecule has 1 atom stereocenters. The lowest BCUT2D eigenvalue weighted by Crippen LogP contribution is -2.47. The van der Waals surface area contributed by atoms with Gasteiger partial charge >= 0.3 is 0 Å². The number of piperidine rings is 1.